The third-order valence-electron chi connectivity index (χ3n) is 3.75. The summed E-state index contributed by atoms with van der Waals surface area (Å²) in [6, 6.07) is 12.0. The fourth-order valence-electron chi connectivity index (χ4n) is 2.45. The van der Waals surface area contributed by atoms with Crippen LogP contribution < -0.4 is 4.74 Å². The smallest absolute Gasteiger partial charge is 0.171 e. The van der Waals surface area contributed by atoms with Crippen molar-refractivity contribution in [1.29, 1.82) is 0 Å². The van der Waals surface area contributed by atoms with Crippen LogP contribution in [0.15, 0.2) is 52.6 Å². The highest BCUT2D eigenvalue weighted by atomic mass is 32.2. The number of aromatic nitrogens is 1. The molecule has 0 saturated heterocycles. The van der Waals surface area contributed by atoms with E-state index in [1.165, 1.54) is 12.0 Å². The fourth-order valence-corrected chi connectivity index (χ4v) is 3.43. The van der Waals surface area contributed by atoms with Crippen LogP contribution in [0.5, 0.6) is 5.75 Å². The number of hydrogen-bond donors (Lipinski definition) is 0. The van der Waals surface area contributed by atoms with Gasteiger partial charge in [0, 0.05) is 24.8 Å². The first-order valence-electron chi connectivity index (χ1n) is 7.89. The standard InChI is InChI=1S/C18H21N3OS/c1-3-4-12-21-13-14-6-5-11-19-17(14)23-18(21)20-15-7-9-16(22-2)10-8-15/h5-11H,3-4,12-13H2,1-2H3. The zero-order valence-corrected chi connectivity index (χ0v) is 14.3. The molecule has 0 fully saturated rings. The summed E-state index contributed by atoms with van der Waals surface area (Å²) in [6.45, 7) is 4.12. The summed E-state index contributed by atoms with van der Waals surface area (Å²) in [7, 11) is 1.67. The third kappa shape index (κ3) is 3.85. The second kappa shape index (κ2) is 7.51. The van der Waals surface area contributed by atoms with Crippen molar-refractivity contribution in [2.24, 2.45) is 4.99 Å². The summed E-state index contributed by atoms with van der Waals surface area (Å²) in [4.78, 5) is 11.7. The molecule has 4 nitrogen and oxygen atoms in total. The zero-order valence-electron chi connectivity index (χ0n) is 13.5. The molecule has 2 heterocycles. The van der Waals surface area contributed by atoms with Gasteiger partial charge in [-0.15, -0.1) is 0 Å². The molecule has 0 bridgehead atoms. The van der Waals surface area contributed by atoms with Crippen molar-refractivity contribution in [1.82, 2.24) is 9.88 Å². The van der Waals surface area contributed by atoms with E-state index in [1.54, 1.807) is 18.9 Å². The van der Waals surface area contributed by atoms with Crippen molar-refractivity contribution < 1.29 is 4.74 Å². The normalized spacial score (nSPS) is 15.6. The molecule has 5 heteroatoms. The molecular formula is C18H21N3OS. The van der Waals surface area contributed by atoms with Gasteiger partial charge >= 0.3 is 0 Å². The number of aliphatic imine (C=N–C) groups is 1. The SMILES string of the molecule is CCCCN1Cc2cccnc2SC1=Nc1ccc(OC)cc1. The Morgan fingerprint density at radius 2 is 2.09 bits per heavy atom. The molecule has 0 saturated carbocycles. The molecule has 1 aliphatic rings. The van der Waals surface area contributed by atoms with Gasteiger partial charge in [-0.1, -0.05) is 19.4 Å². The molecule has 3 rings (SSSR count). The molecule has 0 aliphatic carbocycles. The highest BCUT2D eigenvalue weighted by molar-refractivity contribution is 8.13. The monoisotopic (exact) mass is 327 g/mol. The van der Waals surface area contributed by atoms with E-state index >= 15 is 0 Å². The number of rotatable bonds is 5. The molecule has 1 aromatic heterocycles. The van der Waals surface area contributed by atoms with Gasteiger partial charge in [-0.25, -0.2) is 9.98 Å². The molecular weight excluding hydrogens is 306 g/mol. The molecule has 2 aromatic rings. The molecule has 0 spiro atoms. The van der Waals surface area contributed by atoms with Gasteiger partial charge in [-0.2, -0.15) is 0 Å². The molecule has 0 amide bonds. The van der Waals surface area contributed by atoms with Crippen LogP contribution >= 0.6 is 11.8 Å². The summed E-state index contributed by atoms with van der Waals surface area (Å²) in [5, 5.41) is 2.09. The average molecular weight is 327 g/mol. The van der Waals surface area contributed by atoms with Crippen molar-refractivity contribution in [3.05, 3.63) is 48.2 Å². The molecule has 1 aliphatic heterocycles. The van der Waals surface area contributed by atoms with Crippen molar-refractivity contribution in [3.8, 4) is 5.75 Å². The lowest BCUT2D eigenvalue weighted by Crippen LogP contribution is -2.32. The minimum absolute atomic E-state index is 0.847. The molecule has 0 N–H and O–H groups in total. The molecule has 23 heavy (non-hydrogen) atoms. The van der Waals surface area contributed by atoms with Gasteiger partial charge < -0.3 is 9.64 Å². The quantitative estimate of drug-likeness (QED) is 0.811. The van der Waals surface area contributed by atoms with Gasteiger partial charge in [0.1, 0.15) is 10.8 Å². The predicted octanol–water partition coefficient (Wildman–Crippen LogP) is 4.49. The number of thioether (sulfide) groups is 1. The lowest BCUT2D eigenvalue weighted by Gasteiger charge is -2.30. The first-order valence-corrected chi connectivity index (χ1v) is 8.71. The summed E-state index contributed by atoms with van der Waals surface area (Å²) >= 11 is 1.65. The van der Waals surface area contributed by atoms with Crippen LogP contribution in [0.3, 0.4) is 0 Å². The number of nitrogens with zero attached hydrogens (tertiary/aromatic N) is 3. The Balaban J connectivity index is 1.88. The summed E-state index contributed by atoms with van der Waals surface area (Å²) in [5.41, 5.74) is 2.22. The second-order valence-corrected chi connectivity index (χ2v) is 6.39. The van der Waals surface area contributed by atoms with Gasteiger partial charge in [0.05, 0.1) is 12.8 Å². The van der Waals surface area contributed by atoms with E-state index in [4.69, 9.17) is 9.73 Å². The van der Waals surface area contributed by atoms with Crippen LogP contribution in [0.25, 0.3) is 0 Å². The lowest BCUT2D eigenvalue weighted by atomic mass is 10.2. The molecule has 120 valence electrons. The number of fused-ring (bicyclic) bond motifs is 1. The lowest BCUT2D eigenvalue weighted by molar-refractivity contribution is 0.402. The van der Waals surface area contributed by atoms with Crippen molar-refractivity contribution >= 4 is 22.6 Å². The van der Waals surface area contributed by atoms with Crippen LogP contribution in [0.1, 0.15) is 25.3 Å². The Hall–Kier alpha value is -2.01. The van der Waals surface area contributed by atoms with E-state index < -0.39 is 0 Å². The zero-order chi connectivity index (χ0) is 16.1. The third-order valence-corrected chi connectivity index (χ3v) is 4.84. The fraction of sp³-hybridized carbons (Fsp3) is 0.333. The molecule has 0 unspecified atom stereocenters. The molecule has 1 aromatic carbocycles. The van der Waals surface area contributed by atoms with E-state index in [2.05, 4.69) is 22.9 Å². The van der Waals surface area contributed by atoms with Gasteiger partial charge in [0.2, 0.25) is 0 Å². The minimum Gasteiger partial charge on any atom is -0.497 e. The summed E-state index contributed by atoms with van der Waals surface area (Å²) < 4.78 is 5.21. The first kappa shape index (κ1) is 15.9. The van der Waals surface area contributed by atoms with Crippen molar-refractivity contribution in [3.63, 3.8) is 0 Å². The van der Waals surface area contributed by atoms with Crippen LogP contribution in [0.2, 0.25) is 0 Å². The largest absolute Gasteiger partial charge is 0.497 e. The van der Waals surface area contributed by atoms with Crippen LogP contribution in [-0.2, 0) is 6.54 Å². The van der Waals surface area contributed by atoms with Crippen molar-refractivity contribution in [2.45, 2.75) is 31.3 Å². The van der Waals surface area contributed by atoms with Crippen molar-refractivity contribution in [2.75, 3.05) is 13.7 Å². The van der Waals surface area contributed by atoms with E-state index in [0.29, 0.717) is 0 Å². The summed E-state index contributed by atoms with van der Waals surface area (Å²) in [5.74, 6) is 0.847. The van der Waals surface area contributed by atoms with E-state index in [0.717, 1.165) is 41.1 Å². The van der Waals surface area contributed by atoms with Crippen LogP contribution in [-0.4, -0.2) is 28.7 Å². The Morgan fingerprint density at radius 3 is 2.83 bits per heavy atom. The maximum atomic E-state index is 5.21. The Morgan fingerprint density at radius 1 is 1.26 bits per heavy atom. The molecule has 0 radical (unpaired) electrons. The predicted molar refractivity (Wildman–Crippen MR) is 95.5 cm³/mol. The number of hydrogen-bond acceptors (Lipinski definition) is 4. The Bertz CT molecular complexity index is 685. The van der Waals surface area contributed by atoms with Gasteiger partial charge in [0.25, 0.3) is 0 Å². The van der Waals surface area contributed by atoms with E-state index in [9.17, 15) is 0 Å². The van der Waals surface area contributed by atoms with Gasteiger partial charge in [-0.3, -0.25) is 0 Å². The second-order valence-electron chi connectivity index (χ2n) is 5.44. The average Bonchev–Trinajstić information content (AvgIpc) is 2.60. The number of amidine groups is 1. The number of benzene rings is 1. The Kier molecular flexibility index (Phi) is 5.18. The maximum Gasteiger partial charge on any atom is 0.171 e. The number of methoxy groups -OCH3 is 1. The van der Waals surface area contributed by atoms with E-state index in [1.807, 2.05) is 36.5 Å². The summed E-state index contributed by atoms with van der Waals surface area (Å²) in [6.07, 6.45) is 4.19. The first-order chi connectivity index (χ1) is 11.3. The molecule has 0 atom stereocenters. The minimum atomic E-state index is 0.847. The van der Waals surface area contributed by atoms with E-state index in [-0.39, 0.29) is 0 Å². The highest BCUT2D eigenvalue weighted by Gasteiger charge is 2.22. The van der Waals surface area contributed by atoms with Crippen LogP contribution in [0.4, 0.5) is 5.69 Å². The number of unbranched alkanes of at least 4 members (excludes halogenated alkanes) is 1. The topological polar surface area (TPSA) is 37.7 Å². The highest BCUT2D eigenvalue weighted by Crippen LogP contribution is 2.32. The number of ether oxygens (including phenoxy) is 1. The van der Waals surface area contributed by atoms with Gasteiger partial charge in [-0.05, 0) is 48.5 Å². The van der Waals surface area contributed by atoms with Crippen LogP contribution in [0, 0.1) is 0 Å². The maximum absolute atomic E-state index is 5.21. The van der Waals surface area contributed by atoms with Gasteiger partial charge in [0.15, 0.2) is 5.17 Å². The Labute approximate surface area is 141 Å². The number of pyridine rings is 1.